The first kappa shape index (κ1) is 21.3. The summed E-state index contributed by atoms with van der Waals surface area (Å²) < 4.78 is 17.8. The Morgan fingerprint density at radius 2 is 1.69 bits per heavy atom. The smallest absolute Gasteiger partial charge is 0.119 e. The lowest BCUT2D eigenvalue weighted by Crippen LogP contribution is -2.23. The van der Waals surface area contributed by atoms with E-state index in [1.165, 1.54) is 34.2 Å². The molecule has 3 aromatic rings. The molecule has 0 radical (unpaired) electrons. The number of para-hydroxylation sites is 1. The molecule has 3 aromatic carbocycles. The van der Waals surface area contributed by atoms with E-state index in [-0.39, 0.29) is 0 Å². The largest absolute Gasteiger partial charge is 0.493 e. The van der Waals surface area contributed by atoms with E-state index in [0.29, 0.717) is 5.92 Å². The highest BCUT2D eigenvalue weighted by Crippen LogP contribution is 2.35. The lowest BCUT2D eigenvalue weighted by atomic mass is 9.94. The highest BCUT2D eigenvalue weighted by Gasteiger charge is 2.19. The maximum absolute atomic E-state index is 11.6. The van der Waals surface area contributed by atoms with Crippen molar-refractivity contribution < 1.29 is 8.95 Å². The van der Waals surface area contributed by atoms with Crippen molar-refractivity contribution in [3.63, 3.8) is 0 Å². The topological polar surface area (TPSA) is 38.3 Å². The predicted octanol–water partition coefficient (Wildman–Crippen LogP) is 5.99. The van der Waals surface area contributed by atoms with Gasteiger partial charge in [-0.2, -0.15) is 0 Å². The summed E-state index contributed by atoms with van der Waals surface area (Å²) in [5.41, 5.74) is 7.99. The second-order valence-corrected chi connectivity index (χ2v) is 10.7. The van der Waals surface area contributed by atoms with Crippen molar-refractivity contribution >= 4 is 16.5 Å². The van der Waals surface area contributed by atoms with E-state index in [9.17, 15) is 4.21 Å². The molecule has 1 N–H and O–H groups in total. The molecule has 0 spiro atoms. The van der Waals surface area contributed by atoms with Gasteiger partial charge in [0.05, 0.1) is 6.61 Å². The first-order valence-corrected chi connectivity index (χ1v) is 13.3. The van der Waals surface area contributed by atoms with Crippen LogP contribution < -0.4 is 10.1 Å². The minimum absolute atomic E-state index is 0.534. The first-order chi connectivity index (χ1) is 15.7. The number of hydrogen-bond donors (Lipinski definition) is 1. The Morgan fingerprint density at radius 1 is 0.875 bits per heavy atom. The summed E-state index contributed by atoms with van der Waals surface area (Å²) in [7, 11) is -0.609. The van der Waals surface area contributed by atoms with E-state index >= 15 is 0 Å². The second kappa shape index (κ2) is 9.91. The highest BCUT2D eigenvalue weighted by atomic mass is 32.2. The van der Waals surface area contributed by atoms with E-state index in [4.69, 9.17) is 4.74 Å². The van der Waals surface area contributed by atoms with Crippen LogP contribution in [0.3, 0.4) is 0 Å². The van der Waals surface area contributed by atoms with Crippen molar-refractivity contribution in [3.05, 3.63) is 83.4 Å². The van der Waals surface area contributed by atoms with Crippen molar-refractivity contribution in [1.29, 1.82) is 0 Å². The molecule has 1 fully saturated rings. The van der Waals surface area contributed by atoms with Crippen LogP contribution in [0.25, 0.3) is 11.1 Å². The summed E-state index contributed by atoms with van der Waals surface area (Å²) in [4.78, 5) is 0. The molecular formula is C28H31NO2S. The number of benzene rings is 3. The molecule has 1 aliphatic carbocycles. The Bertz CT molecular complexity index is 1090. The van der Waals surface area contributed by atoms with Crippen molar-refractivity contribution in [1.82, 2.24) is 0 Å². The van der Waals surface area contributed by atoms with E-state index < -0.39 is 10.8 Å². The van der Waals surface area contributed by atoms with E-state index in [0.717, 1.165) is 61.8 Å². The molecular weight excluding hydrogens is 414 g/mol. The van der Waals surface area contributed by atoms with Crippen LogP contribution in [0.2, 0.25) is 0 Å². The number of fused-ring (bicyclic) bond motifs is 3. The quantitative estimate of drug-likeness (QED) is 0.506. The molecule has 0 bridgehead atoms. The van der Waals surface area contributed by atoms with Gasteiger partial charge in [0.25, 0.3) is 0 Å². The molecule has 1 aliphatic heterocycles. The average Bonchev–Trinajstić information content (AvgIpc) is 3.01. The lowest BCUT2D eigenvalue weighted by molar-refractivity contribution is 0.239. The SMILES string of the molecule is O=S1CCC(COc2ccc3c(c2)CCCc2ccc(CNc4ccccc4)cc2-3)CC1. The molecule has 0 amide bonds. The van der Waals surface area contributed by atoms with Crippen LogP contribution in [-0.4, -0.2) is 22.3 Å². The number of rotatable bonds is 6. The number of anilines is 1. The van der Waals surface area contributed by atoms with Crippen LogP contribution in [-0.2, 0) is 30.2 Å². The molecule has 0 atom stereocenters. The summed E-state index contributed by atoms with van der Waals surface area (Å²) in [5.74, 6) is 3.17. The minimum Gasteiger partial charge on any atom is -0.493 e. The molecule has 1 saturated heterocycles. The van der Waals surface area contributed by atoms with Crippen molar-refractivity contribution in [2.75, 3.05) is 23.4 Å². The van der Waals surface area contributed by atoms with Crippen molar-refractivity contribution in [3.8, 4) is 16.9 Å². The number of aryl methyl sites for hydroxylation is 2. The fraction of sp³-hybridized carbons (Fsp3) is 0.357. The normalized spacial score (nSPS) is 20.0. The van der Waals surface area contributed by atoms with Gasteiger partial charge in [0.1, 0.15) is 5.75 Å². The van der Waals surface area contributed by atoms with Gasteiger partial charge in [-0.05, 0) is 96.2 Å². The van der Waals surface area contributed by atoms with Crippen LogP contribution >= 0.6 is 0 Å². The zero-order valence-electron chi connectivity index (χ0n) is 18.5. The molecule has 166 valence electrons. The van der Waals surface area contributed by atoms with Gasteiger partial charge in [0.15, 0.2) is 0 Å². The Morgan fingerprint density at radius 3 is 2.53 bits per heavy atom. The zero-order valence-corrected chi connectivity index (χ0v) is 19.3. The van der Waals surface area contributed by atoms with Gasteiger partial charge in [-0.25, -0.2) is 0 Å². The van der Waals surface area contributed by atoms with Gasteiger partial charge in [0, 0.05) is 34.5 Å². The summed E-state index contributed by atoms with van der Waals surface area (Å²) in [6, 6.07) is 23.9. The number of nitrogens with one attached hydrogen (secondary N) is 1. The van der Waals surface area contributed by atoms with Gasteiger partial charge in [-0.1, -0.05) is 36.4 Å². The molecule has 3 nitrogen and oxygen atoms in total. The van der Waals surface area contributed by atoms with Crippen molar-refractivity contribution in [2.24, 2.45) is 5.92 Å². The predicted molar refractivity (Wildman–Crippen MR) is 134 cm³/mol. The van der Waals surface area contributed by atoms with Crippen LogP contribution in [0.5, 0.6) is 5.75 Å². The Labute approximate surface area is 193 Å². The highest BCUT2D eigenvalue weighted by molar-refractivity contribution is 7.85. The lowest BCUT2D eigenvalue weighted by Gasteiger charge is -2.22. The van der Waals surface area contributed by atoms with Gasteiger partial charge < -0.3 is 10.1 Å². The summed E-state index contributed by atoms with van der Waals surface area (Å²) in [6.07, 6.45) is 5.40. The molecule has 4 heteroatoms. The van der Waals surface area contributed by atoms with Gasteiger partial charge in [-0.15, -0.1) is 0 Å². The molecule has 0 unspecified atom stereocenters. The Balaban J connectivity index is 1.31. The van der Waals surface area contributed by atoms with Crippen LogP contribution in [0, 0.1) is 5.92 Å². The van der Waals surface area contributed by atoms with Crippen LogP contribution in [0.4, 0.5) is 5.69 Å². The molecule has 1 heterocycles. The number of hydrogen-bond acceptors (Lipinski definition) is 3. The summed E-state index contributed by atoms with van der Waals surface area (Å²) >= 11 is 0. The minimum atomic E-state index is -0.609. The third kappa shape index (κ3) is 5.07. The van der Waals surface area contributed by atoms with E-state index in [1.54, 1.807) is 0 Å². The monoisotopic (exact) mass is 445 g/mol. The molecule has 2 aliphatic rings. The molecule has 32 heavy (non-hydrogen) atoms. The van der Waals surface area contributed by atoms with Gasteiger partial charge >= 0.3 is 0 Å². The van der Waals surface area contributed by atoms with Crippen molar-refractivity contribution in [2.45, 2.75) is 38.6 Å². The first-order valence-electron chi connectivity index (χ1n) is 11.8. The van der Waals surface area contributed by atoms with Gasteiger partial charge in [-0.3, -0.25) is 4.21 Å². The van der Waals surface area contributed by atoms with E-state index in [2.05, 4.69) is 66.0 Å². The Hall–Kier alpha value is -2.59. The average molecular weight is 446 g/mol. The third-order valence-corrected chi connectivity index (χ3v) is 8.08. The van der Waals surface area contributed by atoms with Crippen LogP contribution in [0.15, 0.2) is 66.7 Å². The third-order valence-electron chi connectivity index (χ3n) is 6.70. The van der Waals surface area contributed by atoms with Crippen LogP contribution in [0.1, 0.15) is 36.0 Å². The summed E-state index contributed by atoms with van der Waals surface area (Å²) in [5, 5.41) is 3.53. The maximum Gasteiger partial charge on any atom is 0.119 e. The Kier molecular flexibility index (Phi) is 6.59. The fourth-order valence-corrected chi connectivity index (χ4v) is 6.18. The van der Waals surface area contributed by atoms with Gasteiger partial charge in [0.2, 0.25) is 0 Å². The molecule has 0 aromatic heterocycles. The standard InChI is InChI=1S/C28H31NO2S/c30-32-15-13-21(14-16-32)20-31-26-11-12-27-24(18-26)6-4-5-23-10-9-22(17-28(23)27)19-29-25-7-2-1-3-8-25/h1-3,7-12,17-18,21,29H,4-6,13-16,19-20H2. The summed E-state index contributed by atoms with van der Waals surface area (Å²) in [6.45, 7) is 1.56. The molecule has 5 rings (SSSR count). The van der Waals surface area contributed by atoms with E-state index in [1.807, 2.05) is 6.07 Å². The maximum atomic E-state index is 11.6. The zero-order chi connectivity index (χ0) is 21.8. The molecule has 0 saturated carbocycles. The second-order valence-electron chi connectivity index (χ2n) is 8.99. The fourth-order valence-electron chi connectivity index (χ4n) is 4.78. The number of ether oxygens (including phenoxy) is 1.